The zero-order valence-corrected chi connectivity index (χ0v) is 17.7. The van der Waals surface area contributed by atoms with Gasteiger partial charge in [-0.2, -0.15) is 0 Å². The Hall–Kier alpha value is -3.06. The van der Waals surface area contributed by atoms with Crippen LogP contribution in [0.4, 0.5) is 0 Å². The second kappa shape index (κ2) is 14.0. The molecule has 0 aliphatic carbocycles. The molecule has 0 heterocycles. The van der Waals surface area contributed by atoms with Crippen molar-refractivity contribution >= 4 is 11.9 Å². The lowest BCUT2D eigenvalue weighted by atomic mass is 10.1. The van der Waals surface area contributed by atoms with Crippen molar-refractivity contribution < 1.29 is 19.1 Å². The highest BCUT2D eigenvalue weighted by molar-refractivity contribution is 6.03. The van der Waals surface area contributed by atoms with Gasteiger partial charge in [-0.25, -0.2) is 9.59 Å². The topological polar surface area (TPSA) is 52.6 Å². The van der Waals surface area contributed by atoms with Gasteiger partial charge >= 0.3 is 11.9 Å². The largest absolute Gasteiger partial charge is 0.462 e. The van der Waals surface area contributed by atoms with Crippen molar-refractivity contribution in [3.63, 3.8) is 0 Å². The van der Waals surface area contributed by atoms with Gasteiger partial charge in [-0.1, -0.05) is 62.9 Å². The fourth-order valence-corrected chi connectivity index (χ4v) is 2.97. The molecule has 0 spiro atoms. The average molecular weight is 407 g/mol. The van der Waals surface area contributed by atoms with Gasteiger partial charge in [0.1, 0.15) is 5.75 Å². The van der Waals surface area contributed by atoms with Gasteiger partial charge in [0.2, 0.25) is 0 Å². The molecule has 2 rings (SSSR count). The summed E-state index contributed by atoms with van der Waals surface area (Å²) in [4.78, 5) is 24.9. The van der Waals surface area contributed by atoms with Gasteiger partial charge in [0.05, 0.1) is 17.7 Å². The number of unbranched alkanes of at least 4 members (excludes halogenated alkanes) is 6. The van der Waals surface area contributed by atoms with Gasteiger partial charge in [-0.3, -0.25) is 0 Å². The van der Waals surface area contributed by atoms with Crippen LogP contribution in [0.1, 0.15) is 79.0 Å². The number of ether oxygens (including phenoxy) is 2. The highest BCUT2D eigenvalue weighted by Crippen LogP contribution is 2.16. The normalized spacial score (nSPS) is 10.0. The van der Waals surface area contributed by atoms with E-state index >= 15 is 0 Å². The predicted octanol–water partition coefficient (Wildman–Crippen LogP) is 6.21. The molecule has 0 aliphatic rings. The Morgan fingerprint density at radius 2 is 1.33 bits per heavy atom. The first-order chi connectivity index (χ1) is 14.7. The van der Waals surface area contributed by atoms with Crippen molar-refractivity contribution in [1.29, 1.82) is 0 Å². The van der Waals surface area contributed by atoms with E-state index in [0.29, 0.717) is 12.4 Å². The van der Waals surface area contributed by atoms with E-state index in [2.05, 4.69) is 18.8 Å². The molecule has 30 heavy (non-hydrogen) atoms. The molecule has 0 aromatic heterocycles. The van der Waals surface area contributed by atoms with Crippen LogP contribution in [0, 0.1) is 11.8 Å². The number of carbonyl (C=O) groups is 2. The molecule has 0 atom stereocenters. The third kappa shape index (κ3) is 8.53. The van der Waals surface area contributed by atoms with E-state index < -0.39 is 11.9 Å². The Labute approximate surface area is 179 Å². The Morgan fingerprint density at radius 3 is 2.03 bits per heavy atom. The third-order valence-corrected chi connectivity index (χ3v) is 4.55. The molecule has 2 aromatic carbocycles. The van der Waals surface area contributed by atoms with Crippen LogP contribution in [-0.2, 0) is 4.74 Å². The number of esters is 2. The smallest absolute Gasteiger partial charge is 0.344 e. The lowest BCUT2D eigenvalue weighted by molar-refractivity contribution is 0.0489. The number of hydrogen-bond acceptors (Lipinski definition) is 4. The highest BCUT2D eigenvalue weighted by atomic mass is 16.5. The molecule has 0 N–H and O–H groups in total. The van der Waals surface area contributed by atoms with E-state index in [1.165, 1.54) is 12.8 Å². The standard InChI is InChI=1S/C26H30O4/c1-2-3-4-5-6-7-8-9-10-16-21-29-25(27)23-19-14-15-20-24(23)26(28)30-22-17-12-11-13-18-22/h11-15,17-20H,2,5-10,16,21H2,1H3. The summed E-state index contributed by atoms with van der Waals surface area (Å²) >= 11 is 0. The number of rotatable bonds is 11. The maximum absolute atomic E-state index is 12.5. The van der Waals surface area contributed by atoms with Crippen LogP contribution in [0.3, 0.4) is 0 Å². The van der Waals surface area contributed by atoms with Crippen LogP contribution >= 0.6 is 0 Å². The van der Waals surface area contributed by atoms with E-state index in [-0.39, 0.29) is 11.1 Å². The molecule has 0 saturated heterocycles. The molecule has 0 saturated carbocycles. The second-order valence-corrected chi connectivity index (χ2v) is 6.96. The third-order valence-electron chi connectivity index (χ3n) is 4.55. The molecule has 0 radical (unpaired) electrons. The van der Waals surface area contributed by atoms with Gasteiger partial charge in [-0.05, 0) is 37.1 Å². The molecule has 0 aliphatic heterocycles. The molecule has 0 amide bonds. The van der Waals surface area contributed by atoms with Gasteiger partial charge in [-0.15, -0.1) is 11.8 Å². The first-order valence-corrected chi connectivity index (χ1v) is 10.7. The van der Waals surface area contributed by atoms with Crippen LogP contribution in [-0.4, -0.2) is 18.5 Å². The molecular formula is C26H30O4. The van der Waals surface area contributed by atoms with Gasteiger partial charge in [0.15, 0.2) is 0 Å². The Kier molecular flexibility index (Phi) is 10.8. The maximum Gasteiger partial charge on any atom is 0.344 e. The number of benzene rings is 2. The summed E-state index contributed by atoms with van der Waals surface area (Å²) in [6.07, 6.45) is 8.39. The molecule has 0 unspecified atom stereocenters. The maximum atomic E-state index is 12.5. The molecule has 4 heteroatoms. The Morgan fingerprint density at radius 1 is 0.733 bits per heavy atom. The zero-order chi connectivity index (χ0) is 21.4. The summed E-state index contributed by atoms with van der Waals surface area (Å²) in [5.74, 6) is 5.61. The first-order valence-electron chi connectivity index (χ1n) is 10.7. The minimum atomic E-state index is -0.572. The summed E-state index contributed by atoms with van der Waals surface area (Å²) in [7, 11) is 0. The molecule has 158 valence electrons. The van der Waals surface area contributed by atoms with Crippen molar-refractivity contribution in [2.24, 2.45) is 0 Å². The van der Waals surface area contributed by atoms with Gasteiger partial charge in [0.25, 0.3) is 0 Å². The lowest BCUT2D eigenvalue weighted by Gasteiger charge is -2.09. The van der Waals surface area contributed by atoms with E-state index in [9.17, 15) is 9.59 Å². The minimum Gasteiger partial charge on any atom is -0.462 e. The summed E-state index contributed by atoms with van der Waals surface area (Å²) in [6, 6.07) is 15.4. The molecule has 2 aromatic rings. The highest BCUT2D eigenvalue weighted by Gasteiger charge is 2.19. The first kappa shape index (κ1) is 23.2. The number of para-hydroxylation sites is 1. The zero-order valence-electron chi connectivity index (χ0n) is 17.7. The molecular weight excluding hydrogens is 376 g/mol. The summed E-state index contributed by atoms with van der Waals surface area (Å²) in [6.45, 7) is 2.41. The van der Waals surface area contributed by atoms with E-state index in [1.807, 2.05) is 6.07 Å². The number of carbonyl (C=O) groups excluding carboxylic acids is 2. The summed E-state index contributed by atoms with van der Waals surface area (Å²) in [5, 5.41) is 0. The van der Waals surface area contributed by atoms with Crippen LogP contribution in [0.15, 0.2) is 54.6 Å². The van der Waals surface area contributed by atoms with E-state index in [1.54, 1.807) is 48.5 Å². The van der Waals surface area contributed by atoms with Crippen molar-refractivity contribution in [3.8, 4) is 17.6 Å². The van der Waals surface area contributed by atoms with E-state index in [0.717, 1.165) is 38.5 Å². The van der Waals surface area contributed by atoms with Crippen molar-refractivity contribution in [2.45, 2.75) is 58.3 Å². The lowest BCUT2D eigenvalue weighted by Crippen LogP contribution is -2.16. The van der Waals surface area contributed by atoms with Crippen molar-refractivity contribution in [2.75, 3.05) is 6.61 Å². The summed E-state index contributed by atoms with van der Waals surface area (Å²) < 4.78 is 10.7. The fraction of sp³-hybridized carbons (Fsp3) is 0.385. The van der Waals surface area contributed by atoms with E-state index in [4.69, 9.17) is 9.47 Å². The Balaban J connectivity index is 1.71. The minimum absolute atomic E-state index is 0.206. The van der Waals surface area contributed by atoms with Crippen molar-refractivity contribution in [3.05, 3.63) is 65.7 Å². The van der Waals surface area contributed by atoms with Crippen LogP contribution < -0.4 is 4.74 Å². The second-order valence-electron chi connectivity index (χ2n) is 6.96. The Bertz CT molecular complexity index is 846. The molecule has 0 fully saturated rings. The quantitative estimate of drug-likeness (QED) is 0.193. The predicted molar refractivity (Wildman–Crippen MR) is 119 cm³/mol. The van der Waals surface area contributed by atoms with Crippen LogP contribution in [0.5, 0.6) is 5.75 Å². The average Bonchev–Trinajstić information content (AvgIpc) is 2.78. The monoisotopic (exact) mass is 406 g/mol. The molecule has 4 nitrogen and oxygen atoms in total. The SMILES string of the molecule is CCC#CCCCCCCCCOC(=O)c1ccccc1C(=O)Oc1ccccc1. The molecule has 0 bridgehead atoms. The summed E-state index contributed by atoms with van der Waals surface area (Å²) in [5.41, 5.74) is 0.434. The number of hydrogen-bond donors (Lipinski definition) is 0. The van der Waals surface area contributed by atoms with Crippen LogP contribution in [0.25, 0.3) is 0 Å². The fourth-order valence-electron chi connectivity index (χ4n) is 2.97. The van der Waals surface area contributed by atoms with Gasteiger partial charge < -0.3 is 9.47 Å². The van der Waals surface area contributed by atoms with Gasteiger partial charge in [0, 0.05) is 12.8 Å². The van der Waals surface area contributed by atoms with Crippen LogP contribution in [0.2, 0.25) is 0 Å². The van der Waals surface area contributed by atoms with Crippen molar-refractivity contribution in [1.82, 2.24) is 0 Å².